The van der Waals surface area contributed by atoms with Crippen molar-refractivity contribution >= 4 is 11.6 Å². The highest BCUT2D eigenvalue weighted by Gasteiger charge is 2.03. The Balaban J connectivity index is 2.72. The van der Waals surface area contributed by atoms with E-state index in [1.165, 1.54) is 12.1 Å². The SMILES string of the molecule is CC(=CCCCl)Cc1ccc(F)cc1F. The highest BCUT2D eigenvalue weighted by atomic mass is 35.5. The molecule has 0 N–H and O–H groups in total. The highest BCUT2D eigenvalue weighted by molar-refractivity contribution is 6.17. The van der Waals surface area contributed by atoms with Gasteiger partial charge in [-0.15, -0.1) is 11.6 Å². The zero-order valence-corrected chi connectivity index (χ0v) is 9.32. The molecule has 0 heterocycles. The van der Waals surface area contributed by atoms with E-state index in [1.54, 1.807) is 0 Å². The standard InChI is InChI=1S/C12H13ClF2/c1-9(3-2-6-13)7-10-4-5-11(14)8-12(10)15/h3-5,8H,2,6-7H2,1H3. The Morgan fingerprint density at radius 1 is 1.40 bits per heavy atom. The minimum Gasteiger partial charge on any atom is -0.207 e. The Morgan fingerprint density at radius 2 is 2.13 bits per heavy atom. The second-order valence-corrected chi connectivity index (χ2v) is 3.82. The Morgan fingerprint density at radius 3 is 2.73 bits per heavy atom. The molecule has 0 spiro atoms. The molecule has 15 heavy (non-hydrogen) atoms. The minimum absolute atomic E-state index is 0.492. The average molecular weight is 231 g/mol. The fraction of sp³-hybridized carbons (Fsp3) is 0.333. The van der Waals surface area contributed by atoms with Gasteiger partial charge in [-0.2, -0.15) is 0 Å². The van der Waals surface area contributed by atoms with Crippen LogP contribution < -0.4 is 0 Å². The quantitative estimate of drug-likeness (QED) is 0.540. The maximum atomic E-state index is 13.2. The third-order valence-electron chi connectivity index (χ3n) is 2.09. The normalized spacial score (nSPS) is 11.9. The molecular weight excluding hydrogens is 218 g/mol. The van der Waals surface area contributed by atoms with Gasteiger partial charge in [0.1, 0.15) is 11.6 Å². The largest absolute Gasteiger partial charge is 0.207 e. The average Bonchev–Trinajstić information content (AvgIpc) is 2.19. The van der Waals surface area contributed by atoms with Crippen LogP contribution >= 0.6 is 11.6 Å². The summed E-state index contributed by atoms with van der Waals surface area (Å²) in [7, 11) is 0. The number of rotatable bonds is 4. The first-order chi connectivity index (χ1) is 7.13. The molecule has 0 radical (unpaired) electrons. The van der Waals surface area contributed by atoms with Crippen molar-refractivity contribution in [1.82, 2.24) is 0 Å². The van der Waals surface area contributed by atoms with E-state index in [0.29, 0.717) is 17.9 Å². The van der Waals surface area contributed by atoms with Crippen molar-refractivity contribution in [2.24, 2.45) is 0 Å². The lowest BCUT2D eigenvalue weighted by Crippen LogP contribution is -1.93. The summed E-state index contributed by atoms with van der Waals surface area (Å²) in [6.07, 6.45) is 3.25. The van der Waals surface area contributed by atoms with Crippen LogP contribution in [0, 0.1) is 11.6 Å². The predicted octanol–water partition coefficient (Wildman–Crippen LogP) is 4.08. The van der Waals surface area contributed by atoms with Gasteiger partial charge in [0.15, 0.2) is 0 Å². The van der Waals surface area contributed by atoms with Crippen LogP contribution in [0.25, 0.3) is 0 Å². The second-order valence-electron chi connectivity index (χ2n) is 3.44. The predicted molar refractivity (Wildman–Crippen MR) is 59.2 cm³/mol. The number of halogens is 3. The van der Waals surface area contributed by atoms with Gasteiger partial charge in [-0.25, -0.2) is 8.78 Å². The zero-order valence-electron chi connectivity index (χ0n) is 8.56. The first-order valence-electron chi connectivity index (χ1n) is 4.79. The van der Waals surface area contributed by atoms with E-state index in [0.717, 1.165) is 18.1 Å². The lowest BCUT2D eigenvalue weighted by molar-refractivity contribution is 0.574. The van der Waals surface area contributed by atoms with Gasteiger partial charge in [0.2, 0.25) is 0 Å². The van der Waals surface area contributed by atoms with Gasteiger partial charge in [0, 0.05) is 11.9 Å². The van der Waals surface area contributed by atoms with Crippen LogP contribution in [0.15, 0.2) is 29.8 Å². The summed E-state index contributed by atoms with van der Waals surface area (Å²) < 4.78 is 25.9. The van der Waals surface area contributed by atoms with Gasteiger partial charge in [-0.05, 0) is 31.4 Å². The van der Waals surface area contributed by atoms with Gasteiger partial charge in [0.05, 0.1) is 0 Å². The van der Waals surface area contributed by atoms with Crippen LogP contribution in [-0.2, 0) is 6.42 Å². The molecular formula is C12H13ClF2. The van der Waals surface area contributed by atoms with Crippen molar-refractivity contribution in [3.63, 3.8) is 0 Å². The summed E-state index contributed by atoms with van der Waals surface area (Å²) >= 11 is 5.53. The molecule has 1 rings (SSSR count). The molecule has 0 saturated carbocycles. The smallest absolute Gasteiger partial charge is 0.129 e. The molecule has 0 nitrogen and oxygen atoms in total. The number of hydrogen-bond acceptors (Lipinski definition) is 0. The summed E-state index contributed by atoms with van der Waals surface area (Å²) in [4.78, 5) is 0. The van der Waals surface area contributed by atoms with Crippen molar-refractivity contribution in [3.8, 4) is 0 Å². The van der Waals surface area contributed by atoms with E-state index in [4.69, 9.17) is 11.6 Å². The van der Waals surface area contributed by atoms with E-state index in [2.05, 4.69) is 0 Å². The summed E-state index contributed by atoms with van der Waals surface area (Å²) in [5.41, 5.74) is 1.56. The second kappa shape index (κ2) is 5.86. The Kier molecular flexibility index (Phi) is 4.76. The highest BCUT2D eigenvalue weighted by Crippen LogP contribution is 2.14. The van der Waals surface area contributed by atoms with E-state index < -0.39 is 11.6 Å². The maximum absolute atomic E-state index is 13.2. The number of alkyl halides is 1. The van der Waals surface area contributed by atoms with E-state index in [1.807, 2.05) is 13.0 Å². The molecule has 0 amide bonds. The molecule has 0 aliphatic carbocycles. The van der Waals surface area contributed by atoms with Crippen LogP contribution in [0.1, 0.15) is 18.9 Å². The molecule has 1 aromatic rings. The fourth-order valence-corrected chi connectivity index (χ4v) is 1.45. The summed E-state index contributed by atoms with van der Waals surface area (Å²) in [6.45, 7) is 1.91. The summed E-state index contributed by atoms with van der Waals surface area (Å²) in [5, 5.41) is 0. The van der Waals surface area contributed by atoms with Crippen molar-refractivity contribution in [1.29, 1.82) is 0 Å². The van der Waals surface area contributed by atoms with Gasteiger partial charge in [-0.1, -0.05) is 17.7 Å². The van der Waals surface area contributed by atoms with Gasteiger partial charge >= 0.3 is 0 Å². The lowest BCUT2D eigenvalue weighted by Gasteiger charge is -2.03. The van der Waals surface area contributed by atoms with Crippen LogP contribution in [0.3, 0.4) is 0 Å². The van der Waals surface area contributed by atoms with Crippen molar-refractivity contribution in [2.45, 2.75) is 19.8 Å². The van der Waals surface area contributed by atoms with E-state index >= 15 is 0 Å². The van der Waals surface area contributed by atoms with Gasteiger partial charge < -0.3 is 0 Å². The first-order valence-corrected chi connectivity index (χ1v) is 5.32. The van der Waals surface area contributed by atoms with Crippen molar-refractivity contribution in [2.75, 3.05) is 5.88 Å². The first kappa shape index (κ1) is 12.2. The van der Waals surface area contributed by atoms with Crippen molar-refractivity contribution in [3.05, 3.63) is 47.0 Å². The fourth-order valence-electron chi connectivity index (χ4n) is 1.34. The molecule has 0 unspecified atom stereocenters. The van der Waals surface area contributed by atoms with Crippen LogP contribution in [0.4, 0.5) is 8.78 Å². The lowest BCUT2D eigenvalue weighted by atomic mass is 10.1. The third-order valence-corrected chi connectivity index (χ3v) is 2.30. The molecule has 0 aliphatic rings. The Hall–Kier alpha value is -0.890. The molecule has 0 atom stereocenters. The summed E-state index contributed by atoms with van der Waals surface area (Å²) in [5.74, 6) is -0.476. The van der Waals surface area contributed by atoms with E-state index in [9.17, 15) is 8.78 Å². The molecule has 3 heteroatoms. The van der Waals surface area contributed by atoms with Crippen LogP contribution in [0.5, 0.6) is 0 Å². The Labute approximate surface area is 93.6 Å². The number of allylic oxidation sites excluding steroid dienone is 2. The molecule has 82 valence electrons. The van der Waals surface area contributed by atoms with Crippen molar-refractivity contribution < 1.29 is 8.78 Å². The van der Waals surface area contributed by atoms with Gasteiger partial charge in [-0.3, -0.25) is 0 Å². The van der Waals surface area contributed by atoms with E-state index in [-0.39, 0.29) is 0 Å². The summed E-state index contributed by atoms with van der Waals surface area (Å²) in [6, 6.07) is 3.65. The molecule has 0 aliphatic heterocycles. The zero-order chi connectivity index (χ0) is 11.3. The van der Waals surface area contributed by atoms with Gasteiger partial charge in [0.25, 0.3) is 0 Å². The monoisotopic (exact) mass is 230 g/mol. The number of hydrogen-bond donors (Lipinski definition) is 0. The molecule has 1 aromatic carbocycles. The number of benzene rings is 1. The van der Waals surface area contributed by atoms with Crippen LogP contribution in [-0.4, -0.2) is 5.88 Å². The minimum atomic E-state index is -0.543. The molecule has 0 saturated heterocycles. The molecule has 0 aromatic heterocycles. The Bertz CT molecular complexity index is 359. The van der Waals surface area contributed by atoms with Crippen LogP contribution in [0.2, 0.25) is 0 Å². The maximum Gasteiger partial charge on any atom is 0.129 e. The third kappa shape index (κ3) is 4.00. The molecule has 0 bridgehead atoms. The molecule has 0 fully saturated rings. The topological polar surface area (TPSA) is 0 Å².